The number of hydrazine groups is 1. The lowest BCUT2D eigenvalue weighted by Crippen LogP contribution is -2.50. The van der Waals surface area contributed by atoms with E-state index in [1.54, 1.807) is 0 Å². The molecule has 0 spiro atoms. The molecular weight excluding hydrogens is 170 g/mol. The van der Waals surface area contributed by atoms with Crippen LogP contribution in [0.5, 0.6) is 0 Å². The normalized spacial score (nSPS) is 31.4. The van der Waals surface area contributed by atoms with Gasteiger partial charge in [-0.2, -0.15) is 0 Å². The SMILES string of the molecule is O=CC1(CS(=O)[O-])N=CNN1. The lowest BCUT2D eigenvalue weighted by atomic mass is 10.3. The number of rotatable bonds is 3. The van der Waals surface area contributed by atoms with Crippen LogP contribution in [-0.2, 0) is 15.9 Å². The maximum atomic E-state index is 10.4. The van der Waals surface area contributed by atoms with Gasteiger partial charge in [-0.1, -0.05) is 11.1 Å². The van der Waals surface area contributed by atoms with Crippen molar-refractivity contribution in [2.75, 3.05) is 5.75 Å². The Hall–Kier alpha value is -0.790. The van der Waals surface area contributed by atoms with Crippen molar-refractivity contribution >= 4 is 23.7 Å². The molecule has 1 aliphatic heterocycles. The number of carbonyl (C=O) groups is 1. The van der Waals surface area contributed by atoms with E-state index in [2.05, 4.69) is 15.8 Å². The quantitative estimate of drug-likeness (QED) is 0.379. The van der Waals surface area contributed by atoms with Gasteiger partial charge in [0.2, 0.25) is 0 Å². The third-order valence-electron chi connectivity index (χ3n) is 1.18. The monoisotopic (exact) mass is 176 g/mol. The maximum Gasteiger partial charge on any atom is 0.194 e. The number of hydrogen-bond acceptors (Lipinski definition) is 6. The van der Waals surface area contributed by atoms with E-state index in [4.69, 9.17) is 0 Å². The van der Waals surface area contributed by atoms with Crippen LogP contribution in [0.2, 0.25) is 0 Å². The van der Waals surface area contributed by atoms with Gasteiger partial charge in [-0.3, -0.25) is 9.00 Å². The van der Waals surface area contributed by atoms with E-state index in [-0.39, 0.29) is 5.75 Å². The highest BCUT2D eigenvalue weighted by Gasteiger charge is 2.30. The van der Waals surface area contributed by atoms with Crippen molar-refractivity contribution < 1.29 is 13.6 Å². The molecule has 2 unspecified atom stereocenters. The van der Waals surface area contributed by atoms with Gasteiger partial charge in [-0.05, 0) is 0 Å². The number of hydrogen-bond donors (Lipinski definition) is 2. The molecule has 0 aromatic rings. The minimum Gasteiger partial charge on any atom is -0.772 e. The molecule has 0 aromatic heterocycles. The zero-order valence-corrected chi connectivity index (χ0v) is 6.26. The summed E-state index contributed by atoms with van der Waals surface area (Å²) in [5.41, 5.74) is 3.51. The fraction of sp³-hybridized carbons (Fsp3) is 0.500. The smallest absolute Gasteiger partial charge is 0.194 e. The maximum absolute atomic E-state index is 10.4. The molecule has 1 aliphatic rings. The first kappa shape index (κ1) is 8.31. The number of carbonyl (C=O) groups excluding carboxylic acids is 1. The molecule has 62 valence electrons. The summed E-state index contributed by atoms with van der Waals surface area (Å²) in [6.45, 7) is 0. The molecule has 6 nitrogen and oxygen atoms in total. The zero-order valence-electron chi connectivity index (χ0n) is 5.44. The molecule has 2 N–H and O–H groups in total. The second kappa shape index (κ2) is 3.07. The minimum atomic E-state index is -2.29. The topological polar surface area (TPSA) is 93.6 Å². The third-order valence-corrected chi connectivity index (χ3v) is 1.86. The van der Waals surface area contributed by atoms with Gasteiger partial charge in [0.1, 0.15) is 0 Å². The highest BCUT2D eigenvalue weighted by atomic mass is 32.2. The third kappa shape index (κ3) is 1.82. The molecule has 7 heteroatoms. The van der Waals surface area contributed by atoms with E-state index in [9.17, 15) is 13.6 Å². The highest BCUT2D eigenvalue weighted by molar-refractivity contribution is 7.79. The Bertz CT molecular complexity index is 219. The summed E-state index contributed by atoms with van der Waals surface area (Å²) in [6.07, 6.45) is 1.68. The second-order valence-electron chi connectivity index (χ2n) is 2.02. The largest absolute Gasteiger partial charge is 0.772 e. The molecule has 2 atom stereocenters. The summed E-state index contributed by atoms with van der Waals surface area (Å²) < 4.78 is 20.4. The molecule has 0 aliphatic carbocycles. The van der Waals surface area contributed by atoms with Crippen molar-refractivity contribution in [3.8, 4) is 0 Å². The van der Waals surface area contributed by atoms with Crippen LogP contribution >= 0.6 is 0 Å². The van der Waals surface area contributed by atoms with Gasteiger partial charge in [0.05, 0.1) is 12.1 Å². The lowest BCUT2D eigenvalue weighted by molar-refractivity contribution is -0.112. The Labute approximate surface area is 65.3 Å². The van der Waals surface area contributed by atoms with Gasteiger partial charge in [-0.15, -0.1) is 0 Å². The van der Waals surface area contributed by atoms with Crippen molar-refractivity contribution in [2.24, 2.45) is 4.99 Å². The van der Waals surface area contributed by atoms with Crippen LogP contribution in [0.1, 0.15) is 0 Å². The number of nitrogens with one attached hydrogen (secondary N) is 2. The van der Waals surface area contributed by atoms with Crippen molar-refractivity contribution in [3.05, 3.63) is 0 Å². The van der Waals surface area contributed by atoms with E-state index in [0.29, 0.717) is 6.29 Å². The summed E-state index contributed by atoms with van der Waals surface area (Å²) in [5, 5.41) is 0. The number of aliphatic imine (C=N–C) groups is 1. The molecule has 1 heterocycles. The van der Waals surface area contributed by atoms with Crippen molar-refractivity contribution in [1.29, 1.82) is 0 Å². The van der Waals surface area contributed by atoms with Gasteiger partial charge >= 0.3 is 0 Å². The van der Waals surface area contributed by atoms with Gasteiger partial charge in [0.15, 0.2) is 11.9 Å². The minimum absolute atomic E-state index is 0.361. The van der Waals surface area contributed by atoms with Crippen LogP contribution in [0.3, 0.4) is 0 Å². The fourth-order valence-electron chi connectivity index (χ4n) is 0.684. The summed E-state index contributed by atoms with van der Waals surface area (Å²) in [7, 11) is 0. The summed E-state index contributed by atoms with van der Waals surface area (Å²) >= 11 is -2.29. The van der Waals surface area contributed by atoms with Gasteiger partial charge in [-0.25, -0.2) is 10.4 Å². The van der Waals surface area contributed by atoms with E-state index in [1.807, 2.05) is 0 Å². The molecule has 0 saturated carbocycles. The van der Waals surface area contributed by atoms with Crippen LogP contribution in [0.15, 0.2) is 4.99 Å². The standard InChI is InChI=1S/C4H7N3O3S/c8-1-4(2-11(9)10)5-3-6-7-4/h1,3,7H,2H2,(H,5,6)(H,9,10)/p-1. The first-order valence-electron chi connectivity index (χ1n) is 2.77. The molecular formula is C4H6N3O3S-. The Balaban J connectivity index is 2.68. The first-order valence-corrected chi connectivity index (χ1v) is 4.01. The van der Waals surface area contributed by atoms with Gasteiger partial charge in [0, 0.05) is 0 Å². The first-order chi connectivity index (χ1) is 5.18. The van der Waals surface area contributed by atoms with Crippen molar-refractivity contribution in [2.45, 2.75) is 5.66 Å². The van der Waals surface area contributed by atoms with E-state index in [1.165, 1.54) is 6.34 Å². The average molecular weight is 176 g/mol. The number of nitrogens with zero attached hydrogens (tertiary/aromatic N) is 1. The summed E-state index contributed by atoms with van der Waals surface area (Å²) in [5.74, 6) is -0.361. The molecule has 0 fully saturated rings. The van der Waals surface area contributed by atoms with Crippen LogP contribution in [0, 0.1) is 0 Å². The van der Waals surface area contributed by atoms with Gasteiger partial charge in [0.25, 0.3) is 0 Å². The highest BCUT2D eigenvalue weighted by Crippen LogP contribution is 2.05. The van der Waals surface area contributed by atoms with Gasteiger partial charge < -0.3 is 9.98 Å². The van der Waals surface area contributed by atoms with E-state index in [0.717, 1.165) is 0 Å². The molecule has 0 aromatic carbocycles. The van der Waals surface area contributed by atoms with Crippen molar-refractivity contribution in [1.82, 2.24) is 10.9 Å². The molecule has 1 rings (SSSR count). The molecule has 0 bridgehead atoms. The Morgan fingerprint density at radius 2 is 2.55 bits per heavy atom. The van der Waals surface area contributed by atoms with Crippen LogP contribution in [-0.4, -0.2) is 32.8 Å². The fourth-order valence-corrected chi connectivity index (χ4v) is 1.26. The predicted octanol–water partition coefficient (Wildman–Crippen LogP) is -2.10. The molecule has 0 saturated heterocycles. The molecule has 0 amide bonds. The molecule has 0 radical (unpaired) electrons. The molecule has 11 heavy (non-hydrogen) atoms. The van der Waals surface area contributed by atoms with E-state index < -0.39 is 16.7 Å². The predicted molar refractivity (Wildman–Crippen MR) is 37.3 cm³/mol. The van der Waals surface area contributed by atoms with Crippen molar-refractivity contribution in [3.63, 3.8) is 0 Å². The average Bonchev–Trinajstić information content (AvgIpc) is 2.36. The lowest BCUT2D eigenvalue weighted by Gasteiger charge is -2.19. The van der Waals surface area contributed by atoms with Crippen LogP contribution in [0.4, 0.5) is 0 Å². The van der Waals surface area contributed by atoms with Crippen LogP contribution < -0.4 is 10.9 Å². The van der Waals surface area contributed by atoms with E-state index >= 15 is 0 Å². The Kier molecular flexibility index (Phi) is 2.32. The second-order valence-corrected chi connectivity index (χ2v) is 2.91. The Morgan fingerprint density at radius 1 is 1.82 bits per heavy atom. The summed E-state index contributed by atoms with van der Waals surface area (Å²) in [4.78, 5) is 14.0. The Morgan fingerprint density at radius 3 is 2.91 bits per heavy atom. The summed E-state index contributed by atoms with van der Waals surface area (Å²) in [6, 6.07) is 0. The number of aldehydes is 1. The van der Waals surface area contributed by atoms with Crippen LogP contribution in [0.25, 0.3) is 0 Å². The zero-order chi connectivity index (χ0) is 8.32.